The molecule has 5 N–H and O–H groups in total. The first kappa shape index (κ1) is 24.5. The number of benzene rings is 3. The van der Waals surface area contributed by atoms with Crippen molar-refractivity contribution in [1.29, 1.82) is 0 Å². The van der Waals surface area contributed by atoms with Crippen molar-refractivity contribution in [2.75, 3.05) is 12.3 Å². The lowest BCUT2D eigenvalue weighted by molar-refractivity contribution is -0.445. The molecule has 0 fully saturated rings. The van der Waals surface area contributed by atoms with Gasteiger partial charge in [0.1, 0.15) is 6.10 Å². The molecule has 0 radical (unpaired) electrons. The Kier molecular flexibility index (Phi) is 7.84. The number of carboxylic acids is 1. The molecule has 0 bridgehead atoms. The summed E-state index contributed by atoms with van der Waals surface area (Å²) in [4.78, 5) is 27.3. The van der Waals surface area contributed by atoms with Gasteiger partial charge in [0, 0.05) is 18.1 Å². The van der Waals surface area contributed by atoms with Gasteiger partial charge in [-0.05, 0) is 39.6 Å². The Morgan fingerprint density at radius 2 is 1.57 bits per heavy atom. The van der Waals surface area contributed by atoms with Crippen molar-refractivity contribution in [2.24, 2.45) is 5.73 Å². The number of fused-ring (bicyclic) bond motifs is 3. The van der Waals surface area contributed by atoms with Crippen molar-refractivity contribution < 1.29 is 24.8 Å². The average Bonchev–Trinajstić information content (AvgIpc) is 3.48. The van der Waals surface area contributed by atoms with Gasteiger partial charge in [0.15, 0.2) is 0 Å². The number of nitrogens with one attached hydrogen (secondary N) is 2. The van der Waals surface area contributed by atoms with Crippen LogP contribution in [0.2, 0.25) is 0 Å². The van der Waals surface area contributed by atoms with Crippen LogP contribution in [0.5, 0.6) is 0 Å². The van der Waals surface area contributed by atoms with E-state index in [2.05, 4.69) is 10.3 Å². The highest BCUT2D eigenvalue weighted by molar-refractivity contribution is 8.13. The van der Waals surface area contributed by atoms with Crippen molar-refractivity contribution in [3.05, 3.63) is 95.6 Å². The topological polar surface area (TPSA) is 129 Å². The second-order valence-corrected chi connectivity index (χ2v) is 9.43. The summed E-state index contributed by atoms with van der Waals surface area (Å²) in [5.74, 6) is -1.02. The van der Waals surface area contributed by atoms with E-state index in [4.69, 9.17) is 5.73 Å². The number of aliphatic carboxylic acids is 1. The van der Waals surface area contributed by atoms with Crippen LogP contribution >= 0.6 is 11.8 Å². The number of hydrogen-bond donors (Lipinski definition) is 4. The van der Waals surface area contributed by atoms with Crippen LogP contribution in [0.3, 0.4) is 0 Å². The van der Waals surface area contributed by atoms with E-state index in [-0.39, 0.29) is 12.3 Å². The van der Waals surface area contributed by atoms with Gasteiger partial charge >= 0.3 is 5.17 Å². The molecule has 3 aromatic carbocycles. The summed E-state index contributed by atoms with van der Waals surface area (Å²) in [5.41, 5.74) is 9.95. The first-order chi connectivity index (χ1) is 17.0. The van der Waals surface area contributed by atoms with Crippen molar-refractivity contribution in [1.82, 2.24) is 5.32 Å². The van der Waals surface area contributed by atoms with Gasteiger partial charge in [-0.1, -0.05) is 78.9 Å². The largest absolute Gasteiger partial charge is 0.548 e. The zero-order valence-electron chi connectivity index (χ0n) is 19.0. The smallest absolute Gasteiger partial charge is 0.302 e. The summed E-state index contributed by atoms with van der Waals surface area (Å²) in [6, 6.07) is 22.6. The van der Waals surface area contributed by atoms with E-state index >= 15 is 0 Å². The molecule has 1 aliphatic heterocycles. The van der Waals surface area contributed by atoms with Crippen LogP contribution in [-0.2, 0) is 9.59 Å². The van der Waals surface area contributed by atoms with Gasteiger partial charge in [0.25, 0.3) is 0 Å². The fourth-order valence-electron chi connectivity index (χ4n) is 4.39. The molecule has 0 aromatic heterocycles. The van der Waals surface area contributed by atoms with Crippen molar-refractivity contribution in [3.63, 3.8) is 0 Å². The molecule has 0 saturated carbocycles. The van der Waals surface area contributed by atoms with Crippen LogP contribution in [0.4, 0.5) is 0 Å². The standard InChI is InChI=1S/C24H21NO4.C3H6N2S/c26-21(25-22(24(28)29)23(27)15-8-2-1-3-9-15)14-20-18-12-6-4-10-16(18)17-11-5-7-13-19(17)20;4-3-5-1-2-6-3/h1-13,20,22-23,27H,14H2,(H,25,26)(H,28,29);1-2H2,(H2,4,5). The molecule has 2 unspecified atom stereocenters. The molecule has 1 aliphatic carbocycles. The zero-order chi connectivity index (χ0) is 24.8. The molecule has 7 nitrogen and oxygen atoms in total. The maximum atomic E-state index is 12.8. The SMILES string of the molecule is NC1=[NH+]CCS1.O=C(CC1c2ccccc2-c2ccccc21)NC(C(=O)[O-])C(O)c1ccccc1. The Bertz CT molecular complexity index is 1190. The molecule has 180 valence electrons. The number of aliphatic hydroxyl groups is 1. The molecule has 35 heavy (non-hydrogen) atoms. The Balaban J connectivity index is 0.000000421. The molecule has 1 heterocycles. The molecule has 5 rings (SSSR count). The van der Waals surface area contributed by atoms with Crippen LogP contribution < -0.4 is 21.1 Å². The molecule has 2 atom stereocenters. The van der Waals surface area contributed by atoms with E-state index in [1.54, 1.807) is 42.1 Å². The van der Waals surface area contributed by atoms with Crippen LogP contribution in [-0.4, -0.2) is 40.5 Å². The lowest BCUT2D eigenvalue weighted by Gasteiger charge is -2.26. The lowest BCUT2D eigenvalue weighted by Crippen LogP contribution is -2.71. The van der Waals surface area contributed by atoms with Crippen molar-refractivity contribution in [3.8, 4) is 11.1 Å². The highest BCUT2D eigenvalue weighted by Gasteiger charge is 2.31. The fourth-order valence-corrected chi connectivity index (χ4v) is 5.02. The Labute approximate surface area is 208 Å². The Hall–Kier alpha value is -3.62. The summed E-state index contributed by atoms with van der Waals surface area (Å²) in [5, 5.41) is 25.4. The summed E-state index contributed by atoms with van der Waals surface area (Å²) >= 11 is 1.68. The number of carbonyl (C=O) groups is 2. The Morgan fingerprint density at radius 1 is 1.00 bits per heavy atom. The fraction of sp³-hybridized carbons (Fsp3) is 0.222. The van der Waals surface area contributed by atoms with Gasteiger partial charge in [0.05, 0.1) is 18.6 Å². The van der Waals surface area contributed by atoms with Crippen molar-refractivity contribution >= 4 is 28.8 Å². The first-order valence-electron chi connectivity index (χ1n) is 11.4. The number of carbonyl (C=O) groups excluding carboxylic acids is 2. The predicted octanol–water partition coefficient (Wildman–Crippen LogP) is 0.286. The molecule has 8 heteroatoms. The molecule has 2 aliphatic rings. The van der Waals surface area contributed by atoms with Gasteiger partial charge in [-0.2, -0.15) is 0 Å². The predicted molar refractivity (Wildman–Crippen MR) is 134 cm³/mol. The lowest BCUT2D eigenvalue weighted by atomic mass is 9.93. The Morgan fingerprint density at radius 3 is 2.06 bits per heavy atom. The number of aliphatic hydroxyl groups excluding tert-OH is 1. The van der Waals surface area contributed by atoms with E-state index in [0.717, 1.165) is 39.7 Å². The number of hydrogen-bond acceptors (Lipinski definition) is 6. The molecule has 3 aromatic rings. The second-order valence-electron chi connectivity index (χ2n) is 8.29. The molecular weight excluding hydrogens is 462 g/mol. The van der Waals surface area contributed by atoms with Crippen LogP contribution in [0.1, 0.15) is 35.1 Å². The average molecular weight is 490 g/mol. The minimum absolute atomic E-state index is 0.0827. The van der Waals surface area contributed by atoms with E-state index in [1.165, 1.54) is 0 Å². The molecule has 1 amide bonds. The number of thioether (sulfide) groups is 1. The minimum Gasteiger partial charge on any atom is -0.548 e. The quantitative estimate of drug-likeness (QED) is 0.394. The number of nitrogens with two attached hydrogens (primary N) is 1. The minimum atomic E-state index is -1.53. The normalized spacial score (nSPS) is 15.6. The van der Waals surface area contributed by atoms with E-state index in [0.29, 0.717) is 5.56 Å². The van der Waals surface area contributed by atoms with Crippen LogP contribution in [0.25, 0.3) is 11.1 Å². The third-order valence-corrected chi connectivity index (χ3v) is 6.90. The van der Waals surface area contributed by atoms with Crippen molar-refractivity contribution in [2.45, 2.75) is 24.5 Å². The first-order valence-corrected chi connectivity index (χ1v) is 12.3. The van der Waals surface area contributed by atoms with Gasteiger partial charge in [0.2, 0.25) is 5.91 Å². The molecular formula is C27H27N3O4S. The number of amides is 1. The maximum absolute atomic E-state index is 12.8. The van der Waals surface area contributed by atoms with Gasteiger partial charge < -0.3 is 20.3 Å². The number of rotatable bonds is 6. The van der Waals surface area contributed by atoms with E-state index in [1.807, 2.05) is 48.5 Å². The van der Waals surface area contributed by atoms with E-state index < -0.39 is 24.0 Å². The second kappa shape index (κ2) is 11.2. The zero-order valence-corrected chi connectivity index (χ0v) is 19.8. The summed E-state index contributed by atoms with van der Waals surface area (Å²) in [6.45, 7) is 1.04. The summed E-state index contributed by atoms with van der Waals surface area (Å²) in [6.07, 6.45) is -1.31. The van der Waals surface area contributed by atoms with Gasteiger partial charge in [-0.25, -0.2) is 0 Å². The number of amidine groups is 1. The van der Waals surface area contributed by atoms with Crippen LogP contribution in [0, 0.1) is 0 Å². The van der Waals surface area contributed by atoms with Gasteiger partial charge in [-0.15, -0.1) is 0 Å². The monoisotopic (exact) mass is 489 g/mol. The highest BCUT2D eigenvalue weighted by Crippen LogP contribution is 2.46. The van der Waals surface area contributed by atoms with Crippen LogP contribution in [0.15, 0.2) is 78.9 Å². The molecule has 0 spiro atoms. The third-order valence-electron chi connectivity index (χ3n) is 6.04. The van der Waals surface area contributed by atoms with E-state index in [9.17, 15) is 19.8 Å². The maximum Gasteiger partial charge on any atom is 0.302 e. The third kappa shape index (κ3) is 5.72. The summed E-state index contributed by atoms with van der Waals surface area (Å²) < 4.78 is 0. The highest BCUT2D eigenvalue weighted by atomic mass is 32.2. The summed E-state index contributed by atoms with van der Waals surface area (Å²) in [7, 11) is 0. The molecule has 0 saturated heterocycles. The number of carboxylic acid groups (broad SMARTS) is 1. The van der Waals surface area contributed by atoms with Gasteiger partial charge in [-0.3, -0.25) is 15.5 Å².